The molecule has 0 aliphatic rings. The van der Waals surface area contributed by atoms with Crippen molar-refractivity contribution in [2.75, 3.05) is 12.0 Å². The van der Waals surface area contributed by atoms with Crippen molar-refractivity contribution in [2.45, 2.75) is 19.5 Å². The van der Waals surface area contributed by atoms with Crippen LogP contribution in [0.2, 0.25) is 0 Å². The summed E-state index contributed by atoms with van der Waals surface area (Å²) in [6.07, 6.45) is 4.95. The molecule has 0 amide bonds. The summed E-state index contributed by atoms with van der Waals surface area (Å²) in [5, 5.41) is 3.25. The predicted octanol–water partition coefficient (Wildman–Crippen LogP) is 0.333. The molecule has 0 radical (unpaired) electrons. The Morgan fingerprint density at radius 3 is 3.00 bits per heavy atom. The summed E-state index contributed by atoms with van der Waals surface area (Å²) in [6, 6.07) is 2.11. The maximum Gasteiger partial charge on any atom is 0.115 e. The first-order chi connectivity index (χ1) is 6.68. The molecule has 78 valence electrons. The number of hydrogen-bond acceptors (Lipinski definition) is 4. The second-order valence-corrected chi connectivity index (χ2v) is 4.70. The van der Waals surface area contributed by atoms with Gasteiger partial charge in [-0.25, -0.2) is 9.97 Å². The van der Waals surface area contributed by atoms with Gasteiger partial charge in [0.25, 0.3) is 0 Å². The van der Waals surface area contributed by atoms with Gasteiger partial charge in [-0.1, -0.05) is 0 Å². The van der Waals surface area contributed by atoms with Crippen molar-refractivity contribution >= 4 is 10.8 Å². The minimum absolute atomic E-state index is 0.246. The van der Waals surface area contributed by atoms with Gasteiger partial charge in [0.15, 0.2) is 0 Å². The molecule has 2 atom stereocenters. The van der Waals surface area contributed by atoms with Gasteiger partial charge in [0, 0.05) is 41.6 Å². The molecular formula is C9H15N3OS. The standard InChI is InChI=1S/C9H15N3OS/c1-8(6-14(2)13)11-5-9-3-4-10-7-12-9/h3-4,7-8,11H,5-6H2,1-2H3. The van der Waals surface area contributed by atoms with Gasteiger partial charge in [-0.05, 0) is 13.0 Å². The molecule has 2 unspecified atom stereocenters. The minimum Gasteiger partial charge on any atom is -0.308 e. The van der Waals surface area contributed by atoms with Gasteiger partial charge in [-0.2, -0.15) is 0 Å². The number of aromatic nitrogens is 2. The first-order valence-electron chi connectivity index (χ1n) is 4.47. The number of nitrogens with zero attached hydrogens (tertiary/aromatic N) is 2. The molecule has 0 spiro atoms. The van der Waals surface area contributed by atoms with Gasteiger partial charge < -0.3 is 5.32 Å². The van der Waals surface area contributed by atoms with Crippen LogP contribution >= 0.6 is 0 Å². The normalized spacial score (nSPS) is 15.0. The SMILES string of the molecule is CC(CS(C)=O)NCc1ccncn1. The summed E-state index contributed by atoms with van der Waals surface area (Å²) >= 11 is 0. The van der Waals surface area contributed by atoms with E-state index in [1.807, 2.05) is 13.0 Å². The maximum absolute atomic E-state index is 10.9. The van der Waals surface area contributed by atoms with E-state index in [0.717, 1.165) is 5.69 Å². The largest absolute Gasteiger partial charge is 0.308 e. The van der Waals surface area contributed by atoms with Crippen LogP contribution in [0.25, 0.3) is 0 Å². The van der Waals surface area contributed by atoms with Crippen molar-refractivity contribution in [2.24, 2.45) is 0 Å². The van der Waals surface area contributed by atoms with Crippen molar-refractivity contribution in [3.8, 4) is 0 Å². The highest BCUT2D eigenvalue weighted by atomic mass is 32.2. The molecule has 0 aliphatic heterocycles. The molecule has 1 heterocycles. The fourth-order valence-electron chi connectivity index (χ4n) is 1.11. The smallest absolute Gasteiger partial charge is 0.115 e. The molecule has 0 fully saturated rings. The van der Waals surface area contributed by atoms with Gasteiger partial charge in [0.2, 0.25) is 0 Å². The highest BCUT2D eigenvalue weighted by Crippen LogP contribution is 1.92. The van der Waals surface area contributed by atoms with Crippen LogP contribution in [-0.2, 0) is 17.3 Å². The zero-order valence-electron chi connectivity index (χ0n) is 8.43. The molecule has 4 nitrogen and oxygen atoms in total. The van der Waals surface area contributed by atoms with Crippen molar-refractivity contribution in [3.63, 3.8) is 0 Å². The van der Waals surface area contributed by atoms with Crippen LogP contribution in [0.5, 0.6) is 0 Å². The average molecular weight is 213 g/mol. The summed E-state index contributed by atoms with van der Waals surface area (Å²) in [4.78, 5) is 7.91. The van der Waals surface area contributed by atoms with E-state index in [-0.39, 0.29) is 6.04 Å². The second-order valence-electron chi connectivity index (χ2n) is 3.22. The van der Waals surface area contributed by atoms with Gasteiger partial charge in [0.05, 0.1) is 5.69 Å². The molecule has 1 aromatic heterocycles. The van der Waals surface area contributed by atoms with Gasteiger partial charge in [-0.15, -0.1) is 0 Å². The lowest BCUT2D eigenvalue weighted by Gasteiger charge is -2.11. The maximum atomic E-state index is 10.9. The summed E-state index contributed by atoms with van der Waals surface area (Å²) in [5.41, 5.74) is 0.953. The van der Waals surface area contributed by atoms with E-state index in [1.165, 1.54) is 6.33 Å². The molecule has 5 heteroatoms. The van der Waals surface area contributed by atoms with E-state index < -0.39 is 10.8 Å². The Morgan fingerprint density at radius 1 is 1.64 bits per heavy atom. The van der Waals surface area contributed by atoms with Crippen LogP contribution in [0.4, 0.5) is 0 Å². The summed E-state index contributed by atoms with van der Waals surface area (Å²) in [7, 11) is -0.749. The average Bonchev–Trinajstić information content (AvgIpc) is 2.15. The second kappa shape index (κ2) is 5.82. The molecule has 1 N–H and O–H groups in total. The monoisotopic (exact) mass is 213 g/mol. The quantitative estimate of drug-likeness (QED) is 0.766. The topological polar surface area (TPSA) is 54.9 Å². The zero-order chi connectivity index (χ0) is 10.4. The summed E-state index contributed by atoms with van der Waals surface area (Å²) < 4.78 is 10.9. The third-order valence-corrected chi connectivity index (χ3v) is 2.73. The Labute approximate surface area is 86.6 Å². The van der Waals surface area contributed by atoms with Crippen molar-refractivity contribution < 1.29 is 4.21 Å². The Balaban J connectivity index is 2.30. The lowest BCUT2D eigenvalue weighted by molar-refractivity contribution is 0.580. The number of hydrogen-bond donors (Lipinski definition) is 1. The molecule has 0 saturated heterocycles. The third-order valence-electron chi connectivity index (χ3n) is 1.76. The van der Waals surface area contributed by atoms with Gasteiger partial charge in [0.1, 0.15) is 6.33 Å². The van der Waals surface area contributed by atoms with E-state index in [1.54, 1.807) is 12.5 Å². The summed E-state index contributed by atoms with van der Waals surface area (Å²) in [5.74, 6) is 0.672. The van der Waals surface area contributed by atoms with E-state index in [9.17, 15) is 4.21 Å². The van der Waals surface area contributed by atoms with Crippen LogP contribution in [0.1, 0.15) is 12.6 Å². The summed E-state index contributed by atoms with van der Waals surface area (Å²) in [6.45, 7) is 2.71. The highest BCUT2D eigenvalue weighted by Gasteiger charge is 2.03. The van der Waals surface area contributed by atoms with Gasteiger partial charge in [-0.3, -0.25) is 4.21 Å². The lowest BCUT2D eigenvalue weighted by atomic mass is 10.3. The molecule has 14 heavy (non-hydrogen) atoms. The lowest BCUT2D eigenvalue weighted by Crippen LogP contribution is -2.30. The Hall–Kier alpha value is -0.810. The molecule has 1 aromatic rings. The van der Waals surface area contributed by atoms with E-state index in [2.05, 4.69) is 15.3 Å². The Morgan fingerprint density at radius 2 is 2.43 bits per heavy atom. The van der Waals surface area contributed by atoms with E-state index >= 15 is 0 Å². The van der Waals surface area contributed by atoms with Crippen LogP contribution in [0, 0.1) is 0 Å². The first-order valence-corrected chi connectivity index (χ1v) is 6.19. The van der Waals surface area contributed by atoms with E-state index in [0.29, 0.717) is 12.3 Å². The molecular weight excluding hydrogens is 198 g/mol. The fraction of sp³-hybridized carbons (Fsp3) is 0.556. The van der Waals surface area contributed by atoms with E-state index in [4.69, 9.17) is 0 Å². The fourth-order valence-corrected chi connectivity index (χ4v) is 1.93. The Kier molecular flexibility index (Phi) is 4.69. The van der Waals surface area contributed by atoms with Crippen molar-refractivity contribution in [1.29, 1.82) is 0 Å². The molecule has 0 aliphatic carbocycles. The molecule has 1 rings (SSSR count). The van der Waals surface area contributed by atoms with Crippen molar-refractivity contribution in [3.05, 3.63) is 24.3 Å². The minimum atomic E-state index is -0.749. The predicted molar refractivity (Wildman–Crippen MR) is 57.3 cm³/mol. The highest BCUT2D eigenvalue weighted by molar-refractivity contribution is 7.84. The first kappa shape index (κ1) is 11.3. The van der Waals surface area contributed by atoms with Crippen LogP contribution in [0.15, 0.2) is 18.6 Å². The van der Waals surface area contributed by atoms with Crippen LogP contribution in [0.3, 0.4) is 0 Å². The Bertz CT molecular complexity index is 291. The number of rotatable bonds is 5. The van der Waals surface area contributed by atoms with Crippen LogP contribution in [-0.4, -0.2) is 32.2 Å². The molecule has 0 bridgehead atoms. The molecule has 0 saturated carbocycles. The van der Waals surface area contributed by atoms with Crippen molar-refractivity contribution in [1.82, 2.24) is 15.3 Å². The van der Waals surface area contributed by atoms with Crippen LogP contribution < -0.4 is 5.32 Å². The van der Waals surface area contributed by atoms with Gasteiger partial charge >= 0.3 is 0 Å². The number of nitrogens with one attached hydrogen (secondary N) is 1. The molecule has 0 aromatic carbocycles. The third kappa shape index (κ3) is 4.43. The zero-order valence-corrected chi connectivity index (χ0v) is 9.25.